The molecule has 2 aromatic rings. The zero-order valence-electron chi connectivity index (χ0n) is 11.4. The van der Waals surface area contributed by atoms with Crippen LogP contribution in [-0.2, 0) is 13.0 Å². The molecule has 0 aromatic heterocycles. The van der Waals surface area contributed by atoms with Crippen LogP contribution in [0.3, 0.4) is 0 Å². The Hall–Kier alpha value is -2.13. The monoisotopic (exact) mass is 266 g/mol. The van der Waals surface area contributed by atoms with Gasteiger partial charge in [0.15, 0.2) is 0 Å². The third-order valence-electron chi connectivity index (χ3n) is 3.79. The Morgan fingerprint density at radius 2 is 1.85 bits per heavy atom. The smallest absolute Gasteiger partial charge is 0.258 e. The quantitative estimate of drug-likeness (QED) is 0.908. The molecule has 1 aliphatic heterocycles. The van der Waals surface area contributed by atoms with Crippen LogP contribution in [-0.4, -0.2) is 12.5 Å². The van der Waals surface area contributed by atoms with E-state index in [1.165, 1.54) is 5.56 Å². The molecule has 2 aromatic carbocycles. The average Bonchev–Trinajstić information content (AvgIpc) is 2.54. The number of benzene rings is 2. The lowest BCUT2D eigenvalue weighted by molar-refractivity contribution is 0.0985. The molecule has 1 aliphatic rings. The van der Waals surface area contributed by atoms with E-state index < -0.39 is 0 Å². The second-order valence-corrected chi connectivity index (χ2v) is 5.09. The van der Waals surface area contributed by atoms with Gasteiger partial charge in [0.1, 0.15) is 0 Å². The number of anilines is 1. The molecule has 1 amide bonds. The molecule has 3 heteroatoms. The summed E-state index contributed by atoms with van der Waals surface area (Å²) in [5, 5.41) is 0. The summed E-state index contributed by atoms with van der Waals surface area (Å²) in [4.78, 5) is 14.5. The van der Waals surface area contributed by atoms with Crippen LogP contribution in [0.4, 0.5) is 5.69 Å². The first-order valence-electron chi connectivity index (χ1n) is 6.98. The molecule has 0 unspecified atom stereocenters. The van der Waals surface area contributed by atoms with Gasteiger partial charge in [0.2, 0.25) is 0 Å². The number of aryl methyl sites for hydroxylation is 1. The minimum Gasteiger partial charge on any atom is -0.326 e. The number of nitrogens with two attached hydrogens (primary N) is 1. The molecule has 0 bridgehead atoms. The van der Waals surface area contributed by atoms with Gasteiger partial charge in [-0.1, -0.05) is 30.3 Å². The van der Waals surface area contributed by atoms with Crippen molar-refractivity contribution < 1.29 is 4.79 Å². The van der Waals surface area contributed by atoms with Gasteiger partial charge in [-0.05, 0) is 42.2 Å². The molecule has 0 saturated carbocycles. The van der Waals surface area contributed by atoms with Crippen LogP contribution in [0.25, 0.3) is 0 Å². The van der Waals surface area contributed by atoms with Gasteiger partial charge in [0, 0.05) is 24.3 Å². The summed E-state index contributed by atoms with van der Waals surface area (Å²) in [5.41, 5.74) is 9.65. The van der Waals surface area contributed by atoms with Crippen molar-refractivity contribution in [1.29, 1.82) is 0 Å². The fraction of sp³-hybridized carbons (Fsp3) is 0.235. The first kappa shape index (κ1) is 12.9. The Morgan fingerprint density at radius 3 is 2.60 bits per heavy atom. The van der Waals surface area contributed by atoms with E-state index in [2.05, 4.69) is 6.07 Å². The van der Waals surface area contributed by atoms with Crippen molar-refractivity contribution >= 4 is 11.6 Å². The van der Waals surface area contributed by atoms with Crippen LogP contribution in [0.2, 0.25) is 0 Å². The largest absolute Gasteiger partial charge is 0.326 e. The first-order chi connectivity index (χ1) is 9.79. The van der Waals surface area contributed by atoms with E-state index in [1.54, 1.807) is 0 Å². The van der Waals surface area contributed by atoms with Crippen LogP contribution in [0.15, 0.2) is 48.5 Å². The summed E-state index contributed by atoms with van der Waals surface area (Å²) in [6.45, 7) is 1.29. The summed E-state index contributed by atoms with van der Waals surface area (Å²) in [6, 6.07) is 15.7. The van der Waals surface area contributed by atoms with Crippen molar-refractivity contribution in [2.45, 2.75) is 19.4 Å². The zero-order valence-corrected chi connectivity index (χ0v) is 11.4. The van der Waals surface area contributed by atoms with Crippen molar-refractivity contribution in [3.63, 3.8) is 0 Å². The standard InChI is InChI=1S/C17H18N2O/c18-12-13-7-9-15(10-8-13)17(20)19-11-3-5-14-4-1-2-6-16(14)19/h1-2,4,6-10H,3,5,11-12,18H2. The highest BCUT2D eigenvalue weighted by Crippen LogP contribution is 2.28. The molecule has 102 valence electrons. The molecule has 0 aliphatic carbocycles. The molecule has 1 heterocycles. The third kappa shape index (κ3) is 2.32. The number of hydrogen-bond donors (Lipinski definition) is 1. The summed E-state index contributed by atoms with van der Waals surface area (Å²) < 4.78 is 0. The molecule has 3 nitrogen and oxygen atoms in total. The molecule has 20 heavy (non-hydrogen) atoms. The molecule has 2 N–H and O–H groups in total. The predicted molar refractivity (Wildman–Crippen MR) is 80.8 cm³/mol. The Balaban J connectivity index is 1.91. The van der Waals surface area contributed by atoms with Gasteiger partial charge in [-0.2, -0.15) is 0 Å². The minimum absolute atomic E-state index is 0.0701. The minimum atomic E-state index is 0.0701. The van der Waals surface area contributed by atoms with Gasteiger partial charge in [0.25, 0.3) is 5.91 Å². The fourth-order valence-corrected chi connectivity index (χ4v) is 2.68. The third-order valence-corrected chi connectivity index (χ3v) is 3.79. The maximum absolute atomic E-state index is 12.7. The Bertz CT molecular complexity index is 619. The van der Waals surface area contributed by atoms with Crippen LogP contribution in [0, 0.1) is 0 Å². The van der Waals surface area contributed by atoms with E-state index in [9.17, 15) is 4.79 Å². The summed E-state index contributed by atoms with van der Waals surface area (Å²) in [5.74, 6) is 0.0701. The fourth-order valence-electron chi connectivity index (χ4n) is 2.68. The average molecular weight is 266 g/mol. The molecule has 0 atom stereocenters. The summed E-state index contributed by atoms with van der Waals surface area (Å²) >= 11 is 0. The number of hydrogen-bond acceptors (Lipinski definition) is 2. The highest BCUT2D eigenvalue weighted by Gasteiger charge is 2.22. The Morgan fingerprint density at radius 1 is 1.10 bits per heavy atom. The number of carbonyl (C=O) groups excluding carboxylic acids is 1. The van der Waals surface area contributed by atoms with Crippen molar-refractivity contribution in [3.05, 3.63) is 65.2 Å². The maximum atomic E-state index is 12.7. The van der Waals surface area contributed by atoms with E-state index >= 15 is 0 Å². The van der Waals surface area contributed by atoms with Crippen LogP contribution in [0.1, 0.15) is 27.9 Å². The van der Waals surface area contributed by atoms with Gasteiger partial charge in [0.05, 0.1) is 0 Å². The SMILES string of the molecule is NCc1ccc(C(=O)N2CCCc3ccccc32)cc1. The van der Waals surface area contributed by atoms with Crippen LogP contribution < -0.4 is 10.6 Å². The van der Waals surface area contributed by atoms with Gasteiger partial charge >= 0.3 is 0 Å². The van der Waals surface area contributed by atoms with E-state index in [1.807, 2.05) is 47.4 Å². The zero-order chi connectivity index (χ0) is 13.9. The van der Waals surface area contributed by atoms with Crippen molar-refractivity contribution in [3.8, 4) is 0 Å². The van der Waals surface area contributed by atoms with Gasteiger partial charge < -0.3 is 10.6 Å². The number of fused-ring (bicyclic) bond motifs is 1. The molecule has 0 fully saturated rings. The molecule has 0 radical (unpaired) electrons. The first-order valence-corrected chi connectivity index (χ1v) is 6.98. The topological polar surface area (TPSA) is 46.3 Å². The maximum Gasteiger partial charge on any atom is 0.258 e. The van der Waals surface area contributed by atoms with E-state index in [0.717, 1.165) is 36.2 Å². The van der Waals surface area contributed by atoms with Crippen molar-refractivity contribution in [1.82, 2.24) is 0 Å². The van der Waals surface area contributed by atoms with E-state index in [4.69, 9.17) is 5.73 Å². The van der Waals surface area contributed by atoms with Gasteiger partial charge in [-0.25, -0.2) is 0 Å². The van der Waals surface area contributed by atoms with Crippen molar-refractivity contribution in [2.24, 2.45) is 5.73 Å². The number of rotatable bonds is 2. The highest BCUT2D eigenvalue weighted by molar-refractivity contribution is 6.06. The molecule has 3 rings (SSSR count). The Kier molecular flexibility index (Phi) is 3.52. The van der Waals surface area contributed by atoms with Gasteiger partial charge in [-0.3, -0.25) is 4.79 Å². The molecular formula is C17H18N2O. The predicted octanol–water partition coefficient (Wildman–Crippen LogP) is 2.74. The number of carbonyl (C=O) groups is 1. The summed E-state index contributed by atoms with van der Waals surface area (Å²) in [7, 11) is 0. The lowest BCUT2D eigenvalue weighted by Crippen LogP contribution is -2.35. The lowest BCUT2D eigenvalue weighted by atomic mass is 10.0. The lowest BCUT2D eigenvalue weighted by Gasteiger charge is -2.29. The van der Waals surface area contributed by atoms with E-state index in [0.29, 0.717) is 6.54 Å². The second-order valence-electron chi connectivity index (χ2n) is 5.09. The van der Waals surface area contributed by atoms with Crippen LogP contribution >= 0.6 is 0 Å². The summed E-state index contributed by atoms with van der Waals surface area (Å²) in [6.07, 6.45) is 2.07. The highest BCUT2D eigenvalue weighted by atomic mass is 16.2. The van der Waals surface area contributed by atoms with E-state index in [-0.39, 0.29) is 5.91 Å². The number of amides is 1. The normalized spacial score (nSPS) is 13.9. The van der Waals surface area contributed by atoms with Gasteiger partial charge in [-0.15, -0.1) is 0 Å². The van der Waals surface area contributed by atoms with Crippen molar-refractivity contribution in [2.75, 3.05) is 11.4 Å². The van der Waals surface area contributed by atoms with Crippen LogP contribution in [0.5, 0.6) is 0 Å². The second kappa shape index (κ2) is 5.47. The molecular weight excluding hydrogens is 248 g/mol. The Labute approximate surface area is 119 Å². The number of para-hydroxylation sites is 1. The molecule has 0 saturated heterocycles. The molecule has 0 spiro atoms. The number of nitrogens with zero attached hydrogens (tertiary/aromatic N) is 1.